The Balaban J connectivity index is 2.82. The highest BCUT2D eigenvalue weighted by atomic mass is 15.2. The number of nitrogens with zero attached hydrogens (tertiary/aromatic N) is 3. The number of hydrogen-bond donors (Lipinski definition) is 0. The fraction of sp³-hybridized carbons (Fsp3) is 0.500. The third-order valence-corrected chi connectivity index (χ3v) is 2.41. The minimum absolute atomic E-state index is 0.962. The first-order valence-corrected chi connectivity index (χ1v) is 6.54. The second-order valence-corrected chi connectivity index (χ2v) is 5.81. The second-order valence-electron chi connectivity index (χ2n) is 5.81. The first kappa shape index (κ1) is 14.9. The molecule has 0 aromatic heterocycles. The second kappa shape index (κ2) is 6.67. The van der Waals surface area contributed by atoms with E-state index < -0.39 is 0 Å². The van der Waals surface area contributed by atoms with Crippen molar-refractivity contribution in [2.75, 3.05) is 0 Å². The molecule has 0 aromatic rings. The zero-order valence-corrected chi connectivity index (χ0v) is 12.7. The summed E-state index contributed by atoms with van der Waals surface area (Å²) in [6.45, 7) is 12.9. The van der Waals surface area contributed by atoms with Gasteiger partial charge in [0.2, 0.25) is 0 Å². The third kappa shape index (κ3) is 5.43. The van der Waals surface area contributed by atoms with E-state index in [1.165, 1.54) is 16.7 Å². The van der Waals surface area contributed by atoms with Crippen molar-refractivity contribution in [2.45, 2.75) is 41.5 Å². The van der Waals surface area contributed by atoms with Crippen molar-refractivity contribution in [2.24, 2.45) is 0 Å². The van der Waals surface area contributed by atoms with Gasteiger partial charge in [-0.1, -0.05) is 16.7 Å². The van der Waals surface area contributed by atoms with Crippen LogP contribution in [-0.4, -0.2) is 36.8 Å². The predicted octanol–water partition coefficient (Wildman–Crippen LogP) is 1.48. The van der Waals surface area contributed by atoms with Crippen molar-refractivity contribution < 1.29 is 0 Å². The molecule has 0 radical (unpaired) electrons. The molecule has 96 valence electrons. The molecule has 1 fully saturated rings. The van der Waals surface area contributed by atoms with Gasteiger partial charge in [0.25, 0.3) is 0 Å². The van der Waals surface area contributed by atoms with E-state index in [2.05, 4.69) is 74.3 Å². The van der Waals surface area contributed by atoms with Crippen LogP contribution in [0.5, 0.6) is 0 Å². The molecule has 0 aromatic carbocycles. The molecule has 1 saturated heterocycles. The van der Waals surface area contributed by atoms with Crippen molar-refractivity contribution in [3.05, 3.63) is 35.3 Å². The van der Waals surface area contributed by atoms with Gasteiger partial charge in [0.15, 0.2) is 0 Å². The van der Waals surface area contributed by atoms with Crippen LogP contribution < -0.4 is 0 Å². The fourth-order valence-electron chi connectivity index (χ4n) is 2.17. The van der Waals surface area contributed by atoms with E-state index in [-0.39, 0.29) is 0 Å². The molecule has 0 saturated carbocycles. The summed E-state index contributed by atoms with van der Waals surface area (Å²) >= 11 is 0. The van der Waals surface area contributed by atoms with Gasteiger partial charge in [-0.3, -0.25) is 0 Å². The summed E-state index contributed by atoms with van der Waals surface area (Å²) in [7, 11) is 2.89. The van der Waals surface area contributed by atoms with Crippen molar-refractivity contribution in [1.29, 1.82) is 0 Å². The van der Waals surface area contributed by atoms with Crippen LogP contribution in [0, 0.1) is 0 Å². The van der Waals surface area contributed by atoms with Crippen LogP contribution in [0.2, 0.25) is 0 Å². The molecule has 0 unspecified atom stereocenters. The van der Waals surface area contributed by atoms with Crippen LogP contribution in [-0.2, 0) is 0 Å². The summed E-state index contributed by atoms with van der Waals surface area (Å²) in [5.41, 5.74) is 4.02. The summed E-state index contributed by atoms with van der Waals surface area (Å²) in [5.74, 6) is 0. The summed E-state index contributed by atoms with van der Waals surface area (Å²) in [4.78, 5) is 0. The lowest BCUT2D eigenvalue weighted by Gasteiger charge is -2.39. The normalized spacial score (nSPS) is 14.0. The number of hydrogen-bond acceptors (Lipinski definition) is 3. The standard InChI is InChI=1S/C12H24B3N3/c1-10(2)7-16-13-17(8-11(3)4)15-18(14-16)9-12(5)6/h7-9,13-15H,1-6H3. The van der Waals surface area contributed by atoms with E-state index >= 15 is 0 Å². The maximum atomic E-state index is 2.34. The maximum Gasteiger partial charge on any atom is 0.332 e. The SMILES string of the molecule is CC(C)=CN1BN(C=C(C)C)BN(C=C(C)C)B1. The molecular formula is C12H24B3N3. The molecule has 6 heteroatoms. The quantitative estimate of drug-likeness (QED) is 0.695. The van der Waals surface area contributed by atoms with Gasteiger partial charge in [0, 0.05) is 0 Å². The first-order chi connectivity index (χ1) is 8.36. The van der Waals surface area contributed by atoms with Crippen LogP contribution in [0.4, 0.5) is 0 Å². The smallest absolute Gasteiger partial charge is 0.332 e. The highest BCUT2D eigenvalue weighted by molar-refractivity contribution is 6.65. The Morgan fingerprint density at radius 3 is 0.944 bits per heavy atom. The van der Waals surface area contributed by atoms with Crippen LogP contribution in [0.15, 0.2) is 35.3 Å². The number of allylic oxidation sites excluding steroid dienone is 3. The highest BCUT2D eigenvalue weighted by Gasteiger charge is 2.22. The summed E-state index contributed by atoms with van der Waals surface area (Å²) in [5, 5.41) is 0. The minimum atomic E-state index is 0.962. The Morgan fingerprint density at radius 1 is 0.556 bits per heavy atom. The Hall–Kier alpha value is -1.19. The van der Waals surface area contributed by atoms with E-state index in [0.29, 0.717) is 0 Å². The summed E-state index contributed by atoms with van der Waals surface area (Å²) < 4.78 is 7.03. The van der Waals surface area contributed by atoms with E-state index in [0.717, 1.165) is 22.6 Å². The van der Waals surface area contributed by atoms with Gasteiger partial charge >= 0.3 is 22.6 Å². The largest absolute Gasteiger partial charge is 0.437 e. The zero-order valence-electron chi connectivity index (χ0n) is 12.7. The van der Waals surface area contributed by atoms with Gasteiger partial charge in [0.05, 0.1) is 0 Å². The van der Waals surface area contributed by atoms with Gasteiger partial charge in [0.1, 0.15) is 0 Å². The molecule has 18 heavy (non-hydrogen) atoms. The molecule has 1 heterocycles. The molecule has 0 amide bonds. The first-order valence-electron chi connectivity index (χ1n) is 6.54. The summed E-state index contributed by atoms with van der Waals surface area (Å²) in [6, 6.07) is 0. The Kier molecular flexibility index (Phi) is 5.51. The predicted molar refractivity (Wildman–Crippen MR) is 85.3 cm³/mol. The Labute approximate surface area is 114 Å². The number of rotatable bonds is 3. The Morgan fingerprint density at radius 2 is 0.778 bits per heavy atom. The van der Waals surface area contributed by atoms with Crippen LogP contribution in [0.1, 0.15) is 41.5 Å². The molecule has 0 bridgehead atoms. The summed E-state index contributed by atoms with van der Waals surface area (Å²) in [6.07, 6.45) is 6.70. The molecule has 0 aliphatic carbocycles. The molecule has 0 N–H and O–H groups in total. The lowest BCUT2D eigenvalue weighted by molar-refractivity contribution is 0.664. The van der Waals surface area contributed by atoms with Gasteiger partial charge in [-0.15, -0.1) is 0 Å². The average Bonchev–Trinajstić information content (AvgIpc) is 2.12. The maximum absolute atomic E-state index is 2.34. The monoisotopic (exact) mass is 243 g/mol. The Bertz CT molecular complexity index is 302. The van der Waals surface area contributed by atoms with E-state index in [4.69, 9.17) is 0 Å². The lowest BCUT2D eigenvalue weighted by Crippen LogP contribution is -2.56. The highest BCUT2D eigenvalue weighted by Crippen LogP contribution is 2.08. The van der Waals surface area contributed by atoms with E-state index in [9.17, 15) is 0 Å². The van der Waals surface area contributed by atoms with Gasteiger partial charge in [-0.2, -0.15) is 0 Å². The van der Waals surface area contributed by atoms with Crippen molar-refractivity contribution in [1.82, 2.24) is 14.2 Å². The molecule has 1 rings (SSSR count). The fourth-order valence-corrected chi connectivity index (χ4v) is 2.17. The van der Waals surface area contributed by atoms with Crippen molar-refractivity contribution in [3.8, 4) is 0 Å². The molecular weight excluding hydrogens is 219 g/mol. The van der Waals surface area contributed by atoms with Gasteiger partial charge in [-0.25, -0.2) is 0 Å². The van der Waals surface area contributed by atoms with Crippen LogP contribution in [0.25, 0.3) is 0 Å². The molecule has 1 aliphatic heterocycles. The van der Waals surface area contributed by atoms with E-state index in [1.807, 2.05) is 0 Å². The molecule has 1 aliphatic rings. The average molecular weight is 243 g/mol. The molecule has 0 atom stereocenters. The topological polar surface area (TPSA) is 9.72 Å². The third-order valence-electron chi connectivity index (χ3n) is 2.41. The van der Waals surface area contributed by atoms with Gasteiger partial charge in [-0.05, 0) is 60.1 Å². The molecule has 0 spiro atoms. The lowest BCUT2D eigenvalue weighted by atomic mass is 9.74. The molecule has 3 nitrogen and oxygen atoms in total. The van der Waals surface area contributed by atoms with Crippen LogP contribution >= 0.6 is 0 Å². The van der Waals surface area contributed by atoms with Crippen molar-refractivity contribution in [3.63, 3.8) is 0 Å². The minimum Gasteiger partial charge on any atom is -0.437 e. The van der Waals surface area contributed by atoms with Crippen LogP contribution in [0.3, 0.4) is 0 Å². The van der Waals surface area contributed by atoms with E-state index in [1.54, 1.807) is 0 Å². The zero-order chi connectivity index (χ0) is 13.7. The van der Waals surface area contributed by atoms with Crippen molar-refractivity contribution >= 4 is 22.6 Å². The van der Waals surface area contributed by atoms with Gasteiger partial charge < -0.3 is 14.2 Å².